The fourth-order valence-electron chi connectivity index (χ4n) is 4.48. The van der Waals surface area contributed by atoms with Gasteiger partial charge in [0.25, 0.3) is 0 Å². The molecule has 0 aliphatic rings. The fraction of sp³-hybridized carbons (Fsp3) is 0.969. The van der Waals surface area contributed by atoms with Crippen LogP contribution < -0.4 is 0 Å². The van der Waals surface area contributed by atoms with E-state index >= 15 is 0 Å². The van der Waals surface area contributed by atoms with Crippen molar-refractivity contribution in [2.75, 3.05) is 33.0 Å². The molecular formula is C32H64O4. The van der Waals surface area contributed by atoms with Crippen molar-refractivity contribution in [3.63, 3.8) is 0 Å². The minimum Gasteiger partial charge on any atom is -0.466 e. The van der Waals surface area contributed by atoms with Crippen LogP contribution in [0.1, 0.15) is 162 Å². The van der Waals surface area contributed by atoms with Crippen LogP contribution in [0.25, 0.3) is 0 Å². The van der Waals surface area contributed by atoms with Crippen LogP contribution in [0.5, 0.6) is 0 Å². The first-order valence-corrected chi connectivity index (χ1v) is 16.0. The van der Waals surface area contributed by atoms with Crippen LogP contribution in [-0.2, 0) is 19.0 Å². The van der Waals surface area contributed by atoms with Crippen molar-refractivity contribution in [1.29, 1.82) is 0 Å². The van der Waals surface area contributed by atoms with Crippen LogP contribution in [-0.4, -0.2) is 39.0 Å². The first-order valence-electron chi connectivity index (χ1n) is 16.0. The zero-order valence-electron chi connectivity index (χ0n) is 24.8. The highest BCUT2D eigenvalue weighted by molar-refractivity contribution is 5.69. The molecule has 0 radical (unpaired) electrons. The highest BCUT2D eigenvalue weighted by atomic mass is 16.5. The predicted octanol–water partition coefficient (Wildman–Crippen LogP) is 9.82. The molecular weight excluding hydrogens is 448 g/mol. The topological polar surface area (TPSA) is 44.8 Å². The molecule has 4 nitrogen and oxygen atoms in total. The highest BCUT2D eigenvalue weighted by Gasteiger charge is 2.03. The molecule has 216 valence electrons. The molecule has 0 aromatic heterocycles. The summed E-state index contributed by atoms with van der Waals surface area (Å²) in [6, 6.07) is 0. The van der Waals surface area contributed by atoms with Crippen LogP contribution in [0.3, 0.4) is 0 Å². The quantitative estimate of drug-likeness (QED) is 0.0709. The van der Waals surface area contributed by atoms with Gasteiger partial charge in [0.05, 0.1) is 19.8 Å². The molecule has 0 aromatic rings. The lowest BCUT2D eigenvalue weighted by atomic mass is 10.0. The molecule has 0 amide bonds. The minimum absolute atomic E-state index is 0.0853. The molecule has 0 spiro atoms. The third-order valence-electron chi connectivity index (χ3n) is 6.87. The van der Waals surface area contributed by atoms with E-state index < -0.39 is 0 Å². The number of esters is 1. The average molecular weight is 513 g/mol. The molecule has 0 bridgehead atoms. The molecule has 0 atom stereocenters. The van der Waals surface area contributed by atoms with E-state index in [0.717, 1.165) is 31.8 Å². The number of hydrogen-bond donors (Lipinski definition) is 0. The lowest BCUT2D eigenvalue weighted by Crippen LogP contribution is -2.09. The van der Waals surface area contributed by atoms with E-state index in [1.54, 1.807) is 0 Å². The average Bonchev–Trinajstić information content (AvgIpc) is 2.86. The Labute approximate surface area is 226 Å². The monoisotopic (exact) mass is 512 g/mol. The van der Waals surface area contributed by atoms with Crippen molar-refractivity contribution >= 4 is 5.97 Å². The van der Waals surface area contributed by atoms with Crippen LogP contribution in [0.15, 0.2) is 0 Å². The Morgan fingerprint density at radius 2 is 0.917 bits per heavy atom. The number of unbranched alkanes of at least 4 members (excludes halogenated alkanes) is 17. The van der Waals surface area contributed by atoms with Gasteiger partial charge in [-0.2, -0.15) is 0 Å². The van der Waals surface area contributed by atoms with Gasteiger partial charge in [0.15, 0.2) is 0 Å². The summed E-state index contributed by atoms with van der Waals surface area (Å²) >= 11 is 0. The van der Waals surface area contributed by atoms with Gasteiger partial charge >= 0.3 is 5.97 Å². The predicted molar refractivity (Wildman–Crippen MR) is 155 cm³/mol. The van der Waals surface area contributed by atoms with Crippen LogP contribution in [0, 0.1) is 5.92 Å². The zero-order valence-corrected chi connectivity index (χ0v) is 24.8. The molecule has 0 rings (SSSR count). The maximum absolute atomic E-state index is 11.8. The van der Waals surface area contributed by atoms with Gasteiger partial charge in [-0.1, -0.05) is 136 Å². The molecule has 0 aromatic carbocycles. The van der Waals surface area contributed by atoms with E-state index in [1.807, 2.05) is 0 Å². The molecule has 0 fully saturated rings. The van der Waals surface area contributed by atoms with Crippen molar-refractivity contribution in [1.82, 2.24) is 0 Å². The second-order valence-electron chi connectivity index (χ2n) is 11.1. The van der Waals surface area contributed by atoms with Crippen LogP contribution in [0.4, 0.5) is 0 Å². The molecule has 0 aliphatic heterocycles. The summed E-state index contributed by atoms with van der Waals surface area (Å²) in [5.74, 6) is 0.781. The van der Waals surface area contributed by atoms with Crippen LogP contribution in [0.2, 0.25) is 0 Å². The van der Waals surface area contributed by atoms with Crippen molar-refractivity contribution < 1.29 is 19.0 Å². The van der Waals surface area contributed by atoms with E-state index in [0.29, 0.717) is 32.8 Å². The summed E-state index contributed by atoms with van der Waals surface area (Å²) in [5.41, 5.74) is 0. The first-order chi connectivity index (χ1) is 17.7. The summed E-state index contributed by atoms with van der Waals surface area (Å²) in [4.78, 5) is 11.8. The van der Waals surface area contributed by atoms with E-state index in [-0.39, 0.29) is 5.97 Å². The number of carbonyl (C=O) groups excluding carboxylic acids is 1. The Morgan fingerprint density at radius 3 is 1.42 bits per heavy atom. The summed E-state index contributed by atoms with van der Waals surface area (Å²) in [6.45, 7) is 10.2. The van der Waals surface area contributed by atoms with Gasteiger partial charge in [-0.25, -0.2) is 0 Å². The Morgan fingerprint density at radius 1 is 0.500 bits per heavy atom. The van der Waals surface area contributed by atoms with Crippen molar-refractivity contribution in [3.8, 4) is 0 Å². The first kappa shape index (κ1) is 35.4. The van der Waals surface area contributed by atoms with Gasteiger partial charge in [0.2, 0.25) is 0 Å². The standard InChI is InChI=1S/C32H64O4/c1-4-5-6-7-18-21-26-34-29-30-35-27-23-25-32(33)36-28-22-19-16-14-12-10-8-9-11-13-15-17-20-24-31(2)3/h31H,4-30H2,1-3H3. The van der Waals surface area contributed by atoms with Gasteiger partial charge in [-0.3, -0.25) is 4.79 Å². The molecule has 0 aliphatic carbocycles. The third kappa shape index (κ3) is 31.4. The fourth-order valence-corrected chi connectivity index (χ4v) is 4.48. The van der Waals surface area contributed by atoms with Crippen molar-refractivity contribution in [3.05, 3.63) is 0 Å². The van der Waals surface area contributed by atoms with Crippen LogP contribution >= 0.6 is 0 Å². The van der Waals surface area contributed by atoms with Gasteiger partial charge in [0, 0.05) is 19.6 Å². The summed E-state index contributed by atoms with van der Waals surface area (Å²) in [7, 11) is 0. The Bertz CT molecular complexity index is 424. The maximum Gasteiger partial charge on any atom is 0.305 e. The second-order valence-corrected chi connectivity index (χ2v) is 11.1. The lowest BCUT2D eigenvalue weighted by molar-refractivity contribution is -0.144. The summed E-state index contributed by atoms with van der Waals surface area (Å²) in [5, 5.41) is 0. The molecule has 0 unspecified atom stereocenters. The maximum atomic E-state index is 11.8. The number of rotatable bonds is 30. The van der Waals surface area contributed by atoms with E-state index in [9.17, 15) is 4.79 Å². The smallest absolute Gasteiger partial charge is 0.305 e. The normalized spacial score (nSPS) is 11.4. The molecule has 0 heterocycles. The summed E-state index contributed by atoms with van der Waals surface area (Å²) in [6.07, 6.45) is 27.8. The van der Waals surface area contributed by atoms with E-state index in [4.69, 9.17) is 14.2 Å². The Balaban J connectivity index is 3.15. The Kier molecular flexibility index (Phi) is 30.1. The van der Waals surface area contributed by atoms with Gasteiger partial charge in [0.1, 0.15) is 0 Å². The van der Waals surface area contributed by atoms with Gasteiger partial charge < -0.3 is 14.2 Å². The largest absolute Gasteiger partial charge is 0.466 e. The van der Waals surface area contributed by atoms with E-state index in [1.165, 1.54) is 116 Å². The number of carbonyl (C=O) groups is 1. The molecule has 0 N–H and O–H groups in total. The SMILES string of the molecule is CCCCCCCCOCCOCCCC(=O)OCCCCCCCCCCCCCCCC(C)C. The van der Waals surface area contributed by atoms with Crippen molar-refractivity contribution in [2.45, 2.75) is 162 Å². The van der Waals surface area contributed by atoms with Crippen molar-refractivity contribution in [2.24, 2.45) is 5.92 Å². The summed E-state index contributed by atoms with van der Waals surface area (Å²) < 4.78 is 16.5. The zero-order chi connectivity index (χ0) is 26.4. The van der Waals surface area contributed by atoms with Gasteiger partial charge in [-0.15, -0.1) is 0 Å². The molecule has 0 saturated carbocycles. The molecule has 0 saturated heterocycles. The molecule has 4 heteroatoms. The number of hydrogen-bond acceptors (Lipinski definition) is 4. The van der Waals surface area contributed by atoms with E-state index in [2.05, 4.69) is 20.8 Å². The second kappa shape index (κ2) is 30.6. The lowest BCUT2D eigenvalue weighted by Gasteiger charge is -2.07. The minimum atomic E-state index is -0.0853. The highest BCUT2D eigenvalue weighted by Crippen LogP contribution is 2.14. The number of ether oxygens (including phenoxy) is 3. The Hall–Kier alpha value is -0.610. The van der Waals surface area contributed by atoms with Gasteiger partial charge in [-0.05, 0) is 25.2 Å². The third-order valence-corrected chi connectivity index (χ3v) is 6.87. The molecule has 36 heavy (non-hydrogen) atoms.